The summed E-state index contributed by atoms with van der Waals surface area (Å²) < 4.78 is 12.3. The first-order valence-corrected chi connectivity index (χ1v) is 13.7. The molecule has 1 aliphatic rings. The van der Waals surface area contributed by atoms with Gasteiger partial charge in [-0.3, -0.25) is 9.59 Å². The van der Waals surface area contributed by atoms with Gasteiger partial charge in [0.2, 0.25) is 0 Å². The standard InChI is InChI=1S/C35H46O4/c1-23(2)16-18-28(26(7)8)22-35(21-20-25(5)6)33(38-9)29(19-17-24(3)4)32(37)30(34(35)39-10)31(36)27-14-12-11-13-15-27/h11-17,20,28H,7,18-19,21-22H2,1-6,8-10H3. The van der Waals surface area contributed by atoms with E-state index in [2.05, 4.69) is 32.6 Å². The Hall–Kier alpha value is -3.40. The van der Waals surface area contributed by atoms with Gasteiger partial charge in [-0.15, -0.1) is 0 Å². The maximum Gasteiger partial charge on any atom is 0.200 e. The molecule has 1 aromatic carbocycles. The number of ether oxygens (including phenoxy) is 2. The SMILES string of the molecule is C=C(C)C(CC=C(C)C)CC1(CC=C(C)C)C(OC)=C(CC=C(C)C)C(=O)C(C(=O)c2ccccc2)=C1OC. The van der Waals surface area contributed by atoms with Gasteiger partial charge < -0.3 is 9.47 Å². The molecule has 4 heteroatoms. The van der Waals surface area contributed by atoms with Gasteiger partial charge in [0.15, 0.2) is 11.6 Å². The highest BCUT2D eigenvalue weighted by atomic mass is 16.5. The van der Waals surface area contributed by atoms with E-state index >= 15 is 0 Å². The molecule has 39 heavy (non-hydrogen) atoms. The molecule has 0 amide bonds. The van der Waals surface area contributed by atoms with Gasteiger partial charge in [0.05, 0.1) is 19.6 Å². The van der Waals surface area contributed by atoms with E-state index in [0.29, 0.717) is 41.9 Å². The van der Waals surface area contributed by atoms with Crippen molar-refractivity contribution in [2.45, 2.75) is 74.1 Å². The molecule has 1 aliphatic carbocycles. The van der Waals surface area contributed by atoms with Gasteiger partial charge in [0.25, 0.3) is 0 Å². The van der Waals surface area contributed by atoms with Crippen LogP contribution < -0.4 is 0 Å². The Balaban J connectivity index is 3.01. The minimum absolute atomic E-state index is 0.0757. The molecule has 0 aliphatic heterocycles. The molecule has 0 spiro atoms. The van der Waals surface area contributed by atoms with E-state index in [9.17, 15) is 9.59 Å². The van der Waals surface area contributed by atoms with Crippen LogP contribution in [0.1, 0.15) is 84.5 Å². The van der Waals surface area contributed by atoms with Gasteiger partial charge in [0.1, 0.15) is 17.1 Å². The first-order chi connectivity index (χ1) is 18.4. The fourth-order valence-corrected chi connectivity index (χ4v) is 5.13. The lowest BCUT2D eigenvalue weighted by molar-refractivity contribution is -0.113. The van der Waals surface area contributed by atoms with Crippen LogP contribution in [0.25, 0.3) is 0 Å². The quantitative estimate of drug-likeness (QED) is 0.145. The number of methoxy groups -OCH3 is 2. The van der Waals surface area contributed by atoms with E-state index in [0.717, 1.165) is 23.1 Å². The molecule has 0 saturated carbocycles. The van der Waals surface area contributed by atoms with E-state index in [1.165, 1.54) is 5.57 Å². The number of ketones is 2. The van der Waals surface area contributed by atoms with E-state index in [4.69, 9.17) is 9.47 Å². The van der Waals surface area contributed by atoms with Gasteiger partial charge in [-0.1, -0.05) is 77.4 Å². The fraction of sp³-hybridized carbons (Fsp3) is 0.429. The molecule has 0 bridgehead atoms. The zero-order valence-electron chi connectivity index (χ0n) is 25.4. The Labute approximate surface area is 235 Å². The number of Topliss-reactive ketones (excluding diaryl/α,β-unsaturated/α-hetero) is 2. The molecule has 0 N–H and O–H groups in total. The largest absolute Gasteiger partial charge is 0.500 e. The molecular weight excluding hydrogens is 484 g/mol. The predicted octanol–water partition coefficient (Wildman–Crippen LogP) is 8.89. The lowest BCUT2D eigenvalue weighted by atomic mass is 9.64. The highest BCUT2D eigenvalue weighted by molar-refractivity contribution is 6.32. The van der Waals surface area contributed by atoms with Crippen LogP contribution in [0.4, 0.5) is 0 Å². The third-order valence-corrected chi connectivity index (χ3v) is 7.22. The topological polar surface area (TPSA) is 52.6 Å². The summed E-state index contributed by atoms with van der Waals surface area (Å²) in [7, 11) is 3.17. The summed E-state index contributed by atoms with van der Waals surface area (Å²) in [5, 5.41) is 0. The molecule has 4 nitrogen and oxygen atoms in total. The Bertz CT molecular complexity index is 1220. The van der Waals surface area contributed by atoms with E-state index < -0.39 is 5.41 Å². The second-order valence-electron chi connectivity index (χ2n) is 11.3. The van der Waals surface area contributed by atoms with E-state index in [1.54, 1.807) is 38.5 Å². The Morgan fingerprint density at radius 2 is 1.44 bits per heavy atom. The van der Waals surface area contributed by atoms with Gasteiger partial charge in [-0.05, 0) is 80.1 Å². The molecule has 2 atom stereocenters. The molecule has 1 aromatic rings. The van der Waals surface area contributed by atoms with Crippen LogP contribution in [-0.4, -0.2) is 25.8 Å². The van der Waals surface area contributed by atoms with Crippen LogP contribution in [0.2, 0.25) is 0 Å². The predicted molar refractivity (Wildman–Crippen MR) is 161 cm³/mol. The zero-order valence-corrected chi connectivity index (χ0v) is 25.4. The molecule has 0 heterocycles. The maximum absolute atomic E-state index is 14.2. The number of allylic oxidation sites excluding steroid dienone is 9. The Morgan fingerprint density at radius 3 is 1.92 bits per heavy atom. The molecule has 0 radical (unpaired) electrons. The van der Waals surface area contributed by atoms with Crippen molar-refractivity contribution in [2.24, 2.45) is 11.3 Å². The van der Waals surface area contributed by atoms with Gasteiger partial charge in [0, 0.05) is 11.1 Å². The summed E-state index contributed by atoms with van der Waals surface area (Å²) in [4.78, 5) is 28.2. The maximum atomic E-state index is 14.2. The third kappa shape index (κ3) is 7.59. The highest BCUT2D eigenvalue weighted by Crippen LogP contribution is 2.53. The summed E-state index contributed by atoms with van der Waals surface area (Å²) in [6.45, 7) is 18.6. The monoisotopic (exact) mass is 530 g/mol. The lowest BCUT2D eigenvalue weighted by Crippen LogP contribution is -2.39. The highest BCUT2D eigenvalue weighted by Gasteiger charge is 2.51. The molecule has 210 valence electrons. The Kier molecular flexibility index (Phi) is 11.5. The molecule has 2 unspecified atom stereocenters. The first-order valence-electron chi connectivity index (χ1n) is 13.7. The van der Waals surface area contributed by atoms with Gasteiger partial charge >= 0.3 is 0 Å². The van der Waals surface area contributed by atoms with Crippen molar-refractivity contribution >= 4 is 11.6 Å². The first kappa shape index (κ1) is 31.8. The van der Waals surface area contributed by atoms with Crippen LogP contribution in [0.3, 0.4) is 0 Å². The van der Waals surface area contributed by atoms with Crippen molar-refractivity contribution in [1.82, 2.24) is 0 Å². The van der Waals surface area contributed by atoms with Crippen molar-refractivity contribution in [3.8, 4) is 0 Å². The zero-order chi connectivity index (χ0) is 29.3. The summed E-state index contributed by atoms with van der Waals surface area (Å²) in [6, 6.07) is 8.95. The fourth-order valence-electron chi connectivity index (χ4n) is 5.13. The molecule has 0 saturated heterocycles. The third-order valence-electron chi connectivity index (χ3n) is 7.22. The van der Waals surface area contributed by atoms with Crippen LogP contribution in [-0.2, 0) is 14.3 Å². The normalized spacial score (nSPS) is 17.8. The van der Waals surface area contributed by atoms with Crippen LogP contribution in [0.15, 0.2) is 100 Å². The van der Waals surface area contributed by atoms with Crippen molar-refractivity contribution in [3.63, 3.8) is 0 Å². The van der Waals surface area contributed by atoms with Crippen molar-refractivity contribution < 1.29 is 19.1 Å². The summed E-state index contributed by atoms with van der Waals surface area (Å²) in [6.07, 6.45) is 8.65. The average Bonchev–Trinajstić information content (AvgIpc) is 2.89. The molecule has 0 fully saturated rings. The molecular formula is C35H46O4. The van der Waals surface area contributed by atoms with Gasteiger partial charge in [-0.25, -0.2) is 0 Å². The lowest BCUT2D eigenvalue weighted by Gasteiger charge is -2.42. The number of rotatable bonds is 13. The number of benzene rings is 1. The second-order valence-corrected chi connectivity index (χ2v) is 11.3. The smallest absolute Gasteiger partial charge is 0.200 e. The minimum atomic E-state index is -0.863. The number of carbonyl (C=O) groups excluding carboxylic acids is 2. The van der Waals surface area contributed by atoms with Crippen LogP contribution in [0.5, 0.6) is 0 Å². The van der Waals surface area contributed by atoms with Crippen molar-refractivity contribution in [1.29, 1.82) is 0 Å². The molecule has 2 rings (SSSR count). The van der Waals surface area contributed by atoms with Crippen LogP contribution >= 0.6 is 0 Å². The number of carbonyl (C=O) groups is 2. The van der Waals surface area contributed by atoms with E-state index in [1.807, 2.05) is 46.8 Å². The summed E-state index contributed by atoms with van der Waals surface area (Å²) in [5.41, 5.74) is 4.67. The van der Waals surface area contributed by atoms with Gasteiger partial charge in [-0.2, -0.15) is 0 Å². The van der Waals surface area contributed by atoms with Crippen molar-refractivity contribution in [3.05, 3.63) is 106 Å². The van der Waals surface area contributed by atoms with E-state index in [-0.39, 0.29) is 23.1 Å². The molecule has 0 aromatic heterocycles. The van der Waals surface area contributed by atoms with Crippen LogP contribution in [0, 0.1) is 11.3 Å². The second kappa shape index (κ2) is 14.1. The average molecular weight is 531 g/mol. The summed E-state index contributed by atoms with van der Waals surface area (Å²) >= 11 is 0. The summed E-state index contributed by atoms with van der Waals surface area (Å²) in [5.74, 6) is 0.360. The Morgan fingerprint density at radius 1 is 0.872 bits per heavy atom. The number of hydrogen-bond acceptors (Lipinski definition) is 4. The minimum Gasteiger partial charge on any atom is -0.500 e. The van der Waals surface area contributed by atoms with Crippen molar-refractivity contribution in [2.75, 3.05) is 14.2 Å². The number of hydrogen-bond donors (Lipinski definition) is 0.